The van der Waals surface area contributed by atoms with E-state index in [1.54, 1.807) is 0 Å². The van der Waals surface area contributed by atoms with Gasteiger partial charge in [-0.15, -0.1) is 0 Å². The Balaban J connectivity index is 1.16. The molecule has 0 saturated heterocycles. The van der Waals surface area contributed by atoms with E-state index in [0.717, 1.165) is 72.7 Å². The lowest BCUT2D eigenvalue weighted by Crippen LogP contribution is -2.34. The molecule has 1 aliphatic heterocycles. The number of benzene rings is 8. The Bertz CT molecular complexity index is 2940. The number of hydrogen-bond acceptors (Lipinski definition) is 5. The predicted octanol–water partition coefficient (Wildman–Crippen LogP) is 12.6. The average molecular weight is 743 g/mol. The summed E-state index contributed by atoms with van der Waals surface area (Å²) in [5.41, 5.74) is 11.1. The maximum Gasteiger partial charge on any atom is 0.164 e. The van der Waals surface area contributed by atoms with Crippen LogP contribution >= 0.6 is 0 Å². The molecule has 1 aliphatic rings. The molecule has 5 heteroatoms. The average Bonchev–Trinajstić information content (AvgIpc) is 3.31. The van der Waals surface area contributed by atoms with Gasteiger partial charge in [0.15, 0.2) is 17.5 Å². The number of fused-ring (bicyclic) bond motifs is 2. The van der Waals surface area contributed by atoms with E-state index >= 15 is 0 Å². The molecular weight excluding hydrogens is 709 g/mol. The zero-order chi connectivity index (χ0) is 38.9. The molecule has 10 rings (SSSR count). The molecule has 0 N–H and O–H groups in total. The Hall–Kier alpha value is -7.94. The molecule has 0 bridgehead atoms. The summed E-state index contributed by atoms with van der Waals surface area (Å²) in [6, 6.07) is 72.7. The van der Waals surface area contributed by atoms with E-state index in [1.165, 1.54) is 0 Å². The second-order valence-electron chi connectivity index (χ2n) is 14.3. The molecule has 0 unspecified atom stereocenters. The highest BCUT2D eigenvalue weighted by Crippen LogP contribution is 2.57. The first-order valence-corrected chi connectivity index (χ1v) is 19.2. The van der Waals surface area contributed by atoms with Crippen molar-refractivity contribution in [2.45, 2.75) is 5.41 Å². The summed E-state index contributed by atoms with van der Waals surface area (Å²) in [5.74, 6) is 3.37. The van der Waals surface area contributed by atoms with Crippen LogP contribution in [0.1, 0.15) is 27.8 Å². The first-order valence-electron chi connectivity index (χ1n) is 19.2. The standard InChI is InChI=1S/C53H34N4O/c54-35-36-29-31-37(32-30-36)39-17-12-19-41(33-39)51-55-50(38-15-4-1-5-16-38)56-52(57-51)42-20-13-18-40(34-42)45-25-14-28-48-49(45)53(43-21-6-2-7-22-43,44-23-8-3-9-24-44)46-26-10-11-27-47(46)58-48/h1-34H. The van der Waals surface area contributed by atoms with Gasteiger partial charge in [-0.1, -0.05) is 170 Å². The van der Waals surface area contributed by atoms with E-state index in [2.05, 4.69) is 140 Å². The highest BCUT2D eigenvalue weighted by molar-refractivity contribution is 5.83. The highest BCUT2D eigenvalue weighted by Gasteiger charge is 2.46. The smallest absolute Gasteiger partial charge is 0.164 e. The van der Waals surface area contributed by atoms with Crippen molar-refractivity contribution in [1.82, 2.24) is 15.0 Å². The molecule has 272 valence electrons. The summed E-state index contributed by atoms with van der Waals surface area (Å²) >= 11 is 0. The van der Waals surface area contributed by atoms with Crippen molar-refractivity contribution in [1.29, 1.82) is 5.26 Å². The van der Waals surface area contributed by atoms with Crippen molar-refractivity contribution in [2.75, 3.05) is 0 Å². The number of nitrogens with zero attached hydrogens (tertiary/aromatic N) is 4. The molecule has 1 aromatic heterocycles. The quantitative estimate of drug-likeness (QED) is 0.163. The number of ether oxygens (including phenoxy) is 1. The molecule has 58 heavy (non-hydrogen) atoms. The number of hydrogen-bond donors (Lipinski definition) is 0. The van der Waals surface area contributed by atoms with Crippen LogP contribution in [0, 0.1) is 11.3 Å². The van der Waals surface area contributed by atoms with E-state index in [9.17, 15) is 5.26 Å². The normalized spacial score (nSPS) is 12.4. The number of rotatable bonds is 7. The van der Waals surface area contributed by atoms with Crippen molar-refractivity contribution < 1.29 is 4.74 Å². The van der Waals surface area contributed by atoms with Crippen LogP contribution in [0.25, 0.3) is 56.4 Å². The van der Waals surface area contributed by atoms with E-state index in [1.807, 2.05) is 72.8 Å². The van der Waals surface area contributed by atoms with Crippen LogP contribution in [-0.4, -0.2) is 15.0 Å². The summed E-state index contributed by atoms with van der Waals surface area (Å²) in [7, 11) is 0. The van der Waals surface area contributed by atoms with Gasteiger partial charge in [-0.2, -0.15) is 5.26 Å². The first kappa shape index (κ1) is 34.5. The number of para-hydroxylation sites is 1. The van der Waals surface area contributed by atoms with Crippen LogP contribution < -0.4 is 4.74 Å². The van der Waals surface area contributed by atoms with Crippen LogP contribution in [0.2, 0.25) is 0 Å². The van der Waals surface area contributed by atoms with Gasteiger partial charge in [0.25, 0.3) is 0 Å². The SMILES string of the molecule is N#Cc1ccc(-c2cccc(-c3nc(-c4ccccc4)nc(-c4cccc(-c5cccc6c5C(c5ccccc5)(c5ccccc5)c5ccccc5O6)c4)n3)c2)cc1. The Morgan fingerprint density at radius 3 is 1.52 bits per heavy atom. The lowest BCUT2D eigenvalue weighted by atomic mass is 9.62. The maximum absolute atomic E-state index is 9.34. The number of nitriles is 1. The van der Waals surface area contributed by atoms with Crippen LogP contribution in [0.3, 0.4) is 0 Å². The number of aromatic nitrogens is 3. The summed E-state index contributed by atoms with van der Waals surface area (Å²) < 4.78 is 6.79. The maximum atomic E-state index is 9.34. The van der Waals surface area contributed by atoms with Gasteiger partial charge in [-0.05, 0) is 69.8 Å². The lowest BCUT2D eigenvalue weighted by molar-refractivity contribution is 0.435. The zero-order valence-electron chi connectivity index (χ0n) is 31.3. The van der Waals surface area contributed by atoms with Crippen LogP contribution in [-0.2, 0) is 5.41 Å². The zero-order valence-corrected chi connectivity index (χ0v) is 31.3. The molecular formula is C53H34N4O. The molecule has 0 spiro atoms. The third kappa shape index (κ3) is 6.01. The molecule has 0 amide bonds. The molecule has 5 nitrogen and oxygen atoms in total. The first-order chi connectivity index (χ1) is 28.7. The largest absolute Gasteiger partial charge is 0.457 e. The van der Waals surface area contributed by atoms with Gasteiger partial charge >= 0.3 is 0 Å². The molecule has 8 aromatic carbocycles. The van der Waals surface area contributed by atoms with E-state index < -0.39 is 5.41 Å². The molecule has 2 heterocycles. The molecule has 0 fully saturated rings. The van der Waals surface area contributed by atoms with Gasteiger partial charge in [0.2, 0.25) is 0 Å². The molecule has 0 aliphatic carbocycles. The van der Waals surface area contributed by atoms with Gasteiger partial charge in [0, 0.05) is 27.8 Å². The van der Waals surface area contributed by atoms with Crippen molar-refractivity contribution >= 4 is 0 Å². The summed E-state index contributed by atoms with van der Waals surface area (Å²) in [6.45, 7) is 0. The van der Waals surface area contributed by atoms with E-state index in [4.69, 9.17) is 19.7 Å². The van der Waals surface area contributed by atoms with Crippen LogP contribution in [0.5, 0.6) is 11.5 Å². The van der Waals surface area contributed by atoms with Crippen molar-refractivity contribution in [3.63, 3.8) is 0 Å². The van der Waals surface area contributed by atoms with Gasteiger partial charge in [0.05, 0.1) is 17.0 Å². The Labute approximate surface area is 337 Å². The Morgan fingerprint density at radius 1 is 0.397 bits per heavy atom. The summed E-state index contributed by atoms with van der Waals surface area (Å²) in [5, 5.41) is 9.34. The fourth-order valence-electron chi connectivity index (χ4n) is 8.26. The van der Waals surface area contributed by atoms with Crippen LogP contribution in [0.4, 0.5) is 0 Å². The third-order valence-corrected chi connectivity index (χ3v) is 10.9. The van der Waals surface area contributed by atoms with E-state index in [0.29, 0.717) is 23.0 Å². The minimum atomic E-state index is -0.681. The third-order valence-electron chi connectivity index (χ3n) is 10.9. The highest BCUT2D eigenvalue weighted by atomic mass is 16.5. The van der Waals surface area contributed by atoms with Crippen molar-refractivity contribution in [2.24, 2.45) is 0 Å². The predicted molar refractivity (Wildman–Crippen MR) is 230 cm³/mol. The van der Waals surface area contributed by atoms with Gasteiger partial charge in [0.1, 0.15) is 11.5 Å². The Morgan fingerprint density at radius 2 is 0.879 bits per heavy atom. The van der Waals surface area contributed by atoms with Crippen LogP contribution in [0.15, 0.2) is 206 Å². The Kier molecular flexibility index (Phi) is 8.70. The second-order valence-corrected chi connectivity index (χ2v) is 14.3. The van der Waals surface area contributed by atoms with E-state index in [-0.39, 0.29) is 0 Å². The van der Waals surface area contributed by atoms with Gasteiger partial charge in [-0.25, -0.2) is 15.0 Å². The lowest BCUT2D eigenvalue weighted by Gasteiger charge is -2.42. The molecule has 0 atom stereocenters. The van der Waals surface area contributed by atoms with Crippen molar-refractivity contribution in [3.05, 3.63) is 234 Å². The monoisotopic (exact) mass is 742 g/mol. The molecule has 0 saturated carbocycles. The second kappa shape index (κ2) is 14.6. The molecule has 9 aromatic rings. The van der Waals surface area contributed by atoms with Gasteiger partial charge in [-0.3, -0.25) is 0 Å². The minimum Gasteiger partial charge on any atom is -0.457 e. The topological polar surface area (TPSA) is 71.7 Å². The minimum absolute atomic E-state index is 0.568. The fraction of sp³-hybridized carbons (Fsp3) is 0.0189. The summed E-state index contributed by atoms with van der Waals surface area (Å²) in [4.78, 5) is 15.3. The van der Waals surface area contributed by atoms with Crippen molar-refractivity contribution in [3.8, 4) is 74.0 Å². The van der Waals surface area contributed by atoms with Gasteiger partial charge < -0.3 is 4.74 Å². The fourth-order valence-corrected chi connectivity index (χ4v) is 8.26. The molecule has 0 radical (unpaired) electrons. The summed E-state index contributed by atoms with van der Waals surface area (Å²) in [6.07, 6.45) is 0.